The molecule has 25 heavy (non-hydrogen) atoms. The first-order valence-electron chi connectivity index (χ1n) is 7.99. The Morgan fingerprint density at radius 3 is 2.72 bits per heavy atom. The summed E-state index contributed by atoms with van der Waals surface area (Å²) < 4.78 is 5.60. The summed E-state index contributed by atoms with van der Waals surface area (Å²) in [5, 5.41) is 10.6. The number of carbonyl (C=O) groups is 1. The van der Waals surface area contributed by atoms with Crippen LogP contribution in [0.25, 0.3) is 11.5 Å². The summed E-state index contributed by atoms with van der Waals surface area (Å²) in [4.78, 5) is 19.3. The Morgan fingerprint density at radius 1 is 1.16 bits per heavy atom. The summed E-state index contributed by atoms with van der Waals surface area (Å²) in [6.45, 7) is 2.60. The predicted octanol–water partition coefficient (Wildman–Crippen LogP) is 2.66. The van der Waals surface area contributed by atoms with Crippen molar-refractivity contribution in [2.45, 2.75) is 13.5 Å². The van der Waals surface area contributed by atoms with E-state index in [1.54, 1.807) is 13.1 Å². The number of rotatable bonds is 7. The van der Waals surface area contributed by atoms with Crippen LogP contribution in [0.15, 0.2) is 54.7 Å². The quantitative estimate of drug-likeness (QED) is 0.691. The molecule has 0 aliphatic carbocycles. The van der Waals surface area contributed by atoms with Crippen molar-refractivity contribution in [3.8, 4) is 11.5 Å². The number of anilines is 1. The van der Waals surface area contributed by atoms with Crippen LogP contribution in [0.1, 0.15) is 12.5 Å². The first-order chi connectivity index (χ1) is 12.2. The number of ether oxygens (including phenoxy) is 1. The number of nitrogens with one attached hydrogen (secondary N) is 2. The molecule has 3 rings (SSSR count). The molecule has 0 saturated carbocycles. The monoisotopic (exact) mass is 337 g/mol. The smallest absolute Gasteiger partial charge is 0.231 e. The van der Waals surface area contributed by atoms with Gasteiger partial charge in [-0.1, -0.05) is 43.3 Å². The molecule has 1 aromatic carbocycles. The van der Waals surface area contributed by atoms with Gasteiger partial charge in [0.05, 0.1) is 19.1 Å². The molecule has 2 N–H and O–H groups in total. The molecular formula is C18H19N5O2. The van der Waals surface area contributed by atoms with Gasteiger partial charge in [0.1, 0.15) is 5.69 Å². The second-order valence-electron chi connectivity index (χ2n) is 5.63. The largest absolute Gasteiger partial charge is 0.376 e. The molecule has 1 atom stereocenters. The molecule has 7 nitrogen and oxygen atoms in total. The highest BCUT2D eigenvalue weighted by molar-refractivity contribution is 5.90. The van der Waals surface area contributed by atoms with E-state index in [1.165, 1.54) is 0 Å². The van der Waals surface area contributed by atoms with Gasteiger partial charge in [-0.3, -0.25) is 15.1 Å². The Kier molecular flexibility index (Phi) is 5.48. The number of pyridine rings is 1. The van der Waals surface area contributed by atoms with Gasteiger partial charge in [0.15, 0.2) is 5.82 Å². The highest BCUT2D eigenvalue weighted by atomic mass is 16.5. The van der Waals surface area contributed by atoms with Gasteiger partial charge in [0, 0.05) is 6.20 Å². The molecule has 0 bridgehead atoms. The molecular weight excluding hydrogens is 318 g/mol. The summed E-state index contributed by atoms with van der Waals surface area (Å²) in [6.07, 6.45) is 1.67. The second kappa shape index (κ2) is 8.16. The number of nitrogens with zero attached hydrogens (tertiary/aromatic N) is 3. The van der Waals surface area contributed by atoms with Crippen LogP contribution in [-0.2, 0) is 16.1 Å². The van der Waals surface area contributed by atoms with Crippen molar-refractivity contribution in [1.82, 2.24) is 20.2 Å². The van der Waals surface area contributed by atoms with Crippen LogP contribution in [-0.4, -0.2) is 32.7 Å². The van der Waals surface area contributed by atoms with E-state index in [2.05, 4.69) is 25.5 Å². The number of H-pyrrole nitrogens is 1. The Labute approximate surface area is 145 Å². The maximum Gasteiger partial charge on any atom is 0.231 e. The third-order valence-electron chi connectivity index (χ3n) is 3.56. The van der Waals surface area contributed by atoms with Crippen LogP contribution in [0.5, 0.6) is 0 Å². The van der Waals surface area contributed by atoms with Crippen LogP contribution in [0.3, 0.4) is 0 Å². The predicted molar refractivity (Wildman–Crippen MR) is 93.5 cm³/mol. The lowest BCUT2D eigenvalue weighted by atomic mass is 10.2. The zero-order valence-corrected chi connectivity index (χ0v) is 13.8. The molecule has 3 aromatic rings. The fourth-order valence-electron chi connectivity index (χ4n) is 2.18. The first kappa shape index (κ1) is 16.8. The van der Waals surface area contributed by atoms with Gasteiger partial charge in [0.25, 0.3) is 0 Å². The van der Waals surface area contributed by atoms with Crippen LogP contribution < -0.4 is 5.32 Å². The molecule has 2 aromatic heterocycles. The first-order valence-corrected chi connectivity index (χ1v) is 7.99. The average Bonchev–Trinajstić information content (AvgIpc) is 3.12. The normalized spacial score (nSPS) is 11.9. The zero-order chi connectivity index (χ0) is 17.5. The van der Waals surface area contributed by atoms with Gasteiger partial charge in [-0.15, -0.1) is 10.2 Å². The topological polar surface area (TPSA) is 92.8 Å². The minimum Gasteiger partial charge on any atom is -0.376 e. The molecule has 7 heteroatoms. The lowest BCUT2D eigenvalue weighted by Gasteiger charge is -2.11. The van der Waals surface area contributed by atoms with Crippen molar-refractivity contribution in [3.05, 3.63) is 60.3 Å². The van der Waals surface area contributed by atoms with E-state index in [-0.39, 0.29) is 11.8 Å². The summed E-state index contributed by atoms with van der Waals surface area (Å²) in [5.41, 5.74) is 1.74. The van der Waals surface area contributed by atoms with Crippen molar-refractivity contribution in [2.75, 3.05) is 11.9 Å². The number of hydrogen-bond donors (Lipinski definition) is 2. The SMILES string of the molecule is CC(COCc1ccccc1)C(=O)Nc1nnc(-c2ccccn2)[nH]1. The molecule has 0 aliphatic heterocycles. The fourth-order valence-corrected chi connectivity index (χ4v) is 2.18. The molecule has 0 fully saturated rings. The minimum atomic E-state index is -0.313. The molecule has 0 radical (unpaired) electrons. The van der Waals surface area contributed by atoms with Crippen LogP contribution in [0.2, 0.25) is 0 Å². The molecule has 0 spiro atoms. The van der Waals surface area contributed by atoms with Crippen molar-refractivity contribution >= 4 is 11.9 Å². The minimum absolute atomic E-state index is 0.184. The lowest BCUT2D eigenvalue weighted by molar-refractivity contribution is -0.121. The van der Waals surface area contributed by atoms with Gasteiger partial charge in [0.2, 0.25) is 11.9 Å². The van der Waals surface area contributed by atoms with E-state index in [0.717, 1.165) is 5.56 Å². The van der Waals surface area contributed by atoms with E-state index < -0.39 is 0 Å². The second-order valence-corrected chi connectivity index (χ2v) is 5.63. The van der Waals surface area contributed by atoms with Crippen LogP contribution in [0, 0.1) is 5.92 Å². The van der Waals surface area contributed by atoms with Crippen molar-refractivity contribution in [3.63, 3.8) is 0 Å². The standard InChI is InChI=1S/C18H19N5O2/c1-13(11-25-12-14-7-3-2-4-8-14)17(24)21-18-20-16(22-23-18)15-9-5-6-10-19-15/h2-10,13H,11-12H2,1H3,(H2,20,21,22,23,24). The lowest BCUT2D eigenvalue weighted by Crippen LogP contribution is -2.24. The summed E-state index contributed by atoms with van der Waals surface area (Å²) >= 11 is 0. The van der Waals surface area contributed by atoms with Gasteiger partial charge >= 0.3 is 0 Å². The summed E-state index contributed by atoms with van der Waals surface area (Å²) in [6, 6.07) is 15.3. The molecule has 2 heterocycles. The molecule has 1 amide bonds. The third-order valence-corrected chi connectivity index (χ3v) is 3.56. The zero-order valence-electron chi connectivity index (χ0n) is 13.8. The molecule has 1 unspecified atom stereocenters. The molecule has 0 saturated heterocycles. The van der Waals surface area contributed by atoms with Crippen LogP contribution >= 0.6 is 0 Å². The fraction of sp³-hybridized carbons (Fsp3) is 0.222. The Hall–Kier alpha value is -3.06. The Bertz CT molecular complexity index is 805. The molecule has 0 aliphatic rings. The number of amides is 1. The third kappa shape index (κ3) is 4.71. The number of benzene rings is 1. The van der Waals surface area contributed by atoms with Gasteiger partial charge in [-0.25, -0.2) is 0 Å². The van der Waals surface area contributed by atoms with Crippen molar-refractivity contribution in [1.29, 1.82) is 0 Å². The van der Waals surface area contributed by atoms with E-state index in [9.17, 15) is 4.79 Å². The van der Waals surface area contributed by atoms with Crippen molar-refractivity contribution < 1.29 is 9.53 Å². The van der Waals surface area contributed by atoms with Crippen molar-refractivity contribution in [2.24, 2.45) is 5.92 Å². The van der Waals surface area contributed by atoms with Crippen LogP contribution in [0.4, 0.5) is 5.95 Å². The van der Waals surface area contributed by atoms with Gasteiger partial charge in [-0.05, 0) is 17.7 Å². The number of hydrogen-bond acceptors (Lipinski definition) is 5. The molecule has 128 valence electrons. The highest BCUT2D eigenvalue weighted by Crippen LogP contribution is 2.13. The average molecular weight is 337 g/mol. The number of aromatic nitrogens is 4. The number of aromatic amines is 1. The Balaban J connectivity index is 1.49. The number of carbonyl (C=O) groups excluding carboxylic acids is 1. The van der Waals surface area contributed by atoms with E-state index in [4.69, 9.17) is 4.74 Å². The maximum absolute atomic E-state index is 12.2. The van der Waals surface area contributed by atoms with Gasteiger partial charge < -0.3 is 9.72 Å². The van der Waals surface area contributed by atoms with E-state index >= 15 is 0 Å². The highest BCUT2D eigenvalue weighted by Gasteiger charge is 2.15. The maximum atomic E-state index is 12.2. The van der Waals surface area contributed by atoms with Gasteiger partial charge in [-0.2, -0.15) is 0 Å². The van der Waals surface area contributed by atoms with E-state index in [0.29, 0.717) is 30.7 Å². The summed E-state index contributed by atoms with van der Waals surface area (Å²) in [5.74, 6) is 0.299. The summed E-state index contributed by atoms with van der Waals surface area (Å²) in [7, 11) is 0. The Morgan fingerprint density at radius 2 is 1.96 bits per heavy atom. The van der Waals surface area contributed by atoms with E-state index in [1.807, 2.05) is 48.5 Å².